The number of aliphatic carboxylic acids is 1. The summed E-state index contributed by atoms with van der Waals surface area (Å²) in [7, 11) is -3.63. The van der Waals surface area contributed by atoms with Gasteiger partial charge in [0.05, 0.1) is 23.0 Å². The predicted molar refractivity (Wildman–Crippen MR) is 145 cm³/mol. The van der Waals surface area contributed by atoms with Crippen LogP contribution in [0.2, 0.25) is 10.0 Å². The molecule has 2 aromatic rings. The third kappa shape index (κ3) is 6.85. The first-order valence-electron chi connectivity index (χ1n) is 12.2. The second kappa shape index (κ2) is 11.7. The Morgan fingerprint density at radius 1 is 1.08 bits per heavy atom. The van der Waals surface area contributed by atoms with Crippen LogP contribution < -0.4 is 0 Å². The van der Waals surface area contributed by atoms with Gasteiger partial charge in [-0.1, -0.05) is 60.8 Å². The number of amides is 1. The van der Waals surface area contributed by atoms with Crippen LogP contribution in [-0.4, -0.2) is 52.9 Å². The van der Waals surface area contributed by atoms with Crippen molar-refractivity contribution in [3.05, 3.63) is 69.7 Å². The van der Waals surface area contributed by atoms with E-state index in [0.717, 1.165) is 0 Å². The molecule has 0 saturated carbocycles. The Morgan fingerprint density at radius 2 is 1.73 bits per heavy atom. The van der Waals surface area contributed by atoms with Crippen molar-refractivity contribution in [3.63, 3.8) is 0 Å². The maximum Gasteiger partial charge on any atom is 0.306 e. The summed E-state index contributed by atoms with van der Waals surface area (Å²) in [6.45, 7) is 6.81. The van der Waals surface area contributed by atoms with Crippen LogP contribution in [0.1, 0.15) is 70.2 Å². The second-order valence-electron chi connectivity index (χ2n) is 10.3. The quantitative estimate of drug-likeness (QED) is 0.405. The van der Waals surface area contributed by atoms with E-state index in [1.807, 2.05) is 6.92 Å². The number of morpholine rings is 1. The van der Waals surface area contributed by atoms with E-state index in [1.165, 1.54) is 0 Å². The number of carboxylic acid groups (broad SMARTS) is 1. The molecule has 1 aliphatic rings. The summed E-state index contributed by atoms with van der Waals surface area (Å²) < 4.78 is 31.8. The second-order valence-corrected chi connectivity index (χ2v) is 13.9. The topological polar surface area (TPSA) is 101 Å². The van der Waals surface area contributed by atoms with Gasteiger partial charge in [0, 0.05) is 16.1 Å². The van der Waals surface area contributed by atoms with E-state index in [-0.39, 0.29) is 5.75 Å². The molecule has 1 heterocycles. The summed E-state index contributed by atoms with van der Waals surface area (Å²) in [5.41, 5.74) is 1.33. The Hall–Kier alpha value is -2.13. The van der Waals surface area contributed by atoms with Crippen LogP contribution in [0.15, 0.2) is 48.5 Å². The van der Waals surface area contributed by atoms with Crippen molar-refractivity contribution in [2.45, 2.75) is 76.0 Å². The molecule has 0 spiro atoms. The first-order valence-corrected chi connectivity index (χ1v) is 14.6. The van der Waals surface area contributed by atoms with Crippen LogP contribution >= 0.6 is 23.2 Å². The molecule has 4 atom stereocenters. The molecule has 0 bridgehead atoms. The lowest BCUT2D eigenvalue weighted by atomic mass is 9.89. The Labute approximate surface area is 228 Å². The molecule has 0 unspecified atom stereocenters. The van der Waals surface area contributed by atoms with Crippen molar-refractivity contribution in [3.8, 4) is 0 Å². The van der Waals surface area contributed by atoms with E-state index in [9.17, 15) is 23.1 Å². The van der Waals surface area contributed by atoms with Gasteiger partial charge in [0.25, 0.3) is 5.91 Å². The van der Waals surface area contributed by atoms with Crippen LogP contribution in [0.4, 0.5) is 0 Å². The Balaban J connectivity index is 2.24. The molecular formula is C27H33Cl2NO6S. The van der Waals surface area contributed by atoms with E-state index in [0.29, 0.717) is 34.0 Å². The standard InChI is InChI=1S/C27H33Cl2NO6S/c1-5-7-21(16-37(34,35)27(2,3)4)30-24(17-10-12-19(28)13-11-17)25(18-8-6-9-20(29)14-18)36-22(26(30)33)15-23(31)32/h6,8-14,21-22,24-25H,5,7,15-16H2,1-4H3,(H,31,32)/t21-,22+,24-,25-/m1/s1. The van der Waals surface area contributed by atoms with Gasteiger partial charge >= 0.3 is 5.97 Å². The Bertz CT molecular complexity index is 1230. The molecule has 7 nitrogen and oxygen atoms in total. The average molecular weight is 571 g/mol. The first kappa shape index (κ1) is 29.4. The minimum absolute atomic E-state index is 0.262. The van der Waals surface area contributed by atoms with E-state index < -0.39 is 57.2 Å². The summed E-state index contributed by atoms with van der Waals surface area (Å²) in [4.78, 5) is 27.1. The maximum atomic E-state index is 13.9. The van der Waals surface area contributed by atoms with Crippen molar-refractivity contribution in [1.29, 1.82) is 0 Å². The molecule has 1 aliphatic heterocycles. The van der Waals surface area contributed by atoms with Crippen LogP contribution in [0.5, 0.6) is 0 Å². The van der Waals surface area contributed by atoms with Gasteiger partial charge in [-0.15, -0.1) is 0 Å². The minimum Gasteiger partial charge on any atom is -0.481 e. The molecule has 2 aromatic carbocycles. The van der Waals surface area contributed by atoms with Crippen LogP contribution in [0, 0.1) is 0 Å². The molecule has 37 heavy (non-hydrogen) atoms. The number of hydrogen-bond donors (Lipinski definition) is 1. The SMILES string of the molecule is CCC[C@H](CS(=O)(=O)C(C)(C)C)N1C(=O)[C@H](CC(=O)O)O[C@H](c2cccc(Cl)c2)[C@H]1c1ccc(Cl)cc1. The van der Waals surface area contributed by atoms with Gasteiger partial charge in [-0.05, 0) is 62.6 Å². The molecule has 0 aliphatic carbocycles. The number of carbonyl (C=O) groups excluding carboxylic acids is 1. The number of rotatable bonds is 9. The summed E-state index contributed by atoms with van der Waals surface area (Å²) >= 11 is 12.4. The normalized spacial score (nSPS) is 21.6. The fraction of sp³-hybridized carbons (Fsp3) is 0.481. The summed E-state index contributed by atoms with van der Waals surface area (Å²) in [6.07, 6.45) is -1.61. The molecular weight excluding hydrogens is 537 g/mol. The number of carboxylic acids is 1. The molecule has 0 aromatic heterocycles. The number of ether oxygens (including phenoxy) is 1. The lowest BCUT2D eigenvalue weighted by Gasteiger charge is -2.48. The van der Waals surface area contributed by atoms with E-state index in [4.69, 9.17) is 27.9 Å². The van der Waals surface area contributed by atoms with Gasteiger partial charge in [-0.25, -0.2) is 8.42 Å². The van der Waals surface area contributed by atoms with Crippen LogP contribution in [-0.2, 0) is 24.2 Å². The van der Waals surface area contributed by atoms with E-state index in [1.54, 1.807) is 74.2 Å². The zero-order chi connectivity index (χ0) is 27.5. The molecule has 10 heteroatoms. The van der Waals surface area contributed by atoms with Gasteiger partial charge in [-0.2, -0.15) is 0 Å². The highest BCUT2D eigenvalue weighted by Gasteiger charge is 2.48. The number of hydrogen-bond acceptors (Lipinski definition) is 5. The third-order valence-electron chi connectivity index (χ3n) is 6.54. The summed E-state index contributed by atoms with van der Waals surface area (Å²) in [6, 6.07) is 12.5. The number of halogens is 2. The number of benzene rings is 2. The summed E-state index contributed by atoms with van der Waals surface area (Å²) in [5.74, 6) is -2.01. The van der Waals surface area contributed by atoms with Crippen molar-refractivity contribution >= 4 is 44.9 Å². The monoisotopic (exact) mass is 569 g/mol. The minimum atomic E-state index is -3.63. The van der Waals surface area contributed by atoms with Crippen molar-refractivity contribution < 1.29 is 27.9 Å². The smallest absolute Gasteiger partial charge is 0.306 e. The highest BCUT2D eigenvalue weighted by atomic mass is 35.5. The first-order chi connectivity index (χ1) is 17.2. The average Bonchev–Trinajstić information content (AvgIpc) is 2.79. The molecule has 1 saturated heterocycles. The highest BCUT2D eigenvalue weighted by molar-refractivity contribution is 7.92. The molecule has 3 rings (SSSR count). The molecule has 202 valence electrons. The van der Waals surface area contributed by atoms with Gasteiger partial charge in [0.15, 0.2) is 9.84 Å². The Kier molecular flexibility index (Phi) is 9.32. The fourth-order valence-corrected chi connectivity index (χ4v) is 6.20. The van der Waals surface area contributed by atoms with E-state index in [2.05, 4.69) is 0 Å². The lowest BCUT2D eigenvalue weighted by Crippen LogP contribution is -2.57. The van der Waals surface area contributed by atoms with Gasteiger partial charge in [0.2, 0.25) is 0 Å². The largest absolute Gasteiger partial charge is 0.481 e. The fourth-order valence-electron chi connectivity index (χ4n) is 4.54. The van der Waals surface area contributed by atoms with Crippen LogP contribution in [0.3, 0.4) is 0 Å². The zero-order valence-electron chi connectivity index (χ0n) is 21.4. The molecule has 0 radical (unpaired) electrons. The molecule has 1 N–H and O–H groups in total. The van der Waals surface area contributed by atoms with E-state index >= 15 is 0 Å². The van der Waals surface area contributed by atoms with Crippen LogP contribution in [0.25, 0.3) is 0 Å². The van der Waals surface area contributed by atoms with Crippen molar-refractivity contribution in [1.82, 2.24) is 4.90 Å². The maximum absolute atomic E-state index is 13.9. The number of sulfone groups is 1. The third-order valence-corrected chi connectivity index (χ3v) is 9.71. The highest BCUT2D eigenvalue weighted by Crippen LogP contribution is 2.45. The summed E-state index contributed by atoms with van der Waals surface area (Å²) in [5, 5.41) is 10.5. The number of nitrogens with zero attached hydrogens (tertiary/aromatic N) is 1. The van der Waals surface area contributed by atoms with Gasteiger partial charge in [0.1, 0.15) is 12.2 Å². The Morgan fingerprint density at radius 3 is 2.27 bits per heavy atom. The van der Waals surface area contributed by atoms with Crippen molar-refractivity contribution in [2.24, 2.45) is 0 Å². The number of carbonyl (C=O) groups is 2. The zero-order valence-corrected chi connectivity index (χ0v) is 23.7. The lowest BCUT2D eigenvalue weighted by molar-refractivity contribution is -0.182. The van der Waals surface area contributed by atoms with Gasteiger partial charge < -0.3 is 14.7 Å². The van der Waals surface area contributed by atoms with Gasteiger partial charge in [-0.3, -0.25) is 9.59 Å². The predicted octanol–water partition coefficient (Wildman–Crippen LogP) is 5.86. The molecule has 1 fully saturated rings. The van der Waals surface area contributed by atoms with Crippen molar-refractivity contribution in [2.75, 3.05) is 5.75 Å². The molecule has 1 amide bonds.